The molecule has 1 aliphatic rings. The van der Waals surface area contributed by atoms with Gasteiger partial charge in [0.15, 0.2) is 11.5 Å². The summed E-state index contributed by atoms with van der Waals surface area (Å²) in [5.41, 5.74) is 2.83. The average molecular weight is 622 g/mol. The maximum Gasteiger partial charge on any atom is 0.243 e. The van der Waals surface area contributed by atoms with Crippen LogP contribution in [0.5, 0.6) is 11.5 Å². The first-order valence-corrected chi connectivity index (χ1v) is 16.7. The van der Waals surface area contributed by atoms with E-state index in [1.807, 2.05) is 82.3 Å². The molecular weight excluding hydrogens is 578 g/mol. The van der Waals surface area contributed by atoms with E-state index in [0.717, 1.165) is 22.9 Å². The number of carbonyl (C=O) groups is 2. The summed E-state index contributed by atoms with van der Waals surface area (Å²) >= 11 is 0. The molecular formula is C34H43N3O6S. The summed E-state index contributed by atoms with van der Waals surface area (Å²) in [7, 11) is -3.66. The molecule has 236 valence electrons. The topological polar surface area (TPSA) is 105 Å². The highest BCUT2D eigenvalue weighted by atomic mass is 32.2. The zero-order valence-electron chi connectivity index (χ0n) is 26.2. The second-order valence-corrected chi connectivity index (χ2v) is 14.1. The van der Waals surface area contributed by atoms with E-state index in [1.54, 1.807) is 23.1 Å². The van der Waals surface area contributed by atoms with Crippen molar-refractivity contribution in [1.82, 2.24) is 10.2 Å². The van der Waals surface area contributed by atoms with Crippen molar-refractivity contribution in [3.05, 3.63) is 89.5 Å². The Balaban J connectivity index is 1.60. The Labute approximate surface area is 261 Å². The summed E-state index contributed by atoms with van der Waals surface area (Å²) < 4.78 is 38.2. The van der Waals surface area contributed by atoms with Gasteiger partial charge in [-0.2, -0.15) is 0 Å². The number of aryl methyl sites for hydroxylation is 1. The molecule has 0 aliphatic carbocycles. The maximum atomic E-state index is 14.1. The van der Waals surface area contributed by atoms with Crippen LogP contribution in [0, 0.1) is 6.92 Å². The first-order chi connectivity index (χ1) is 20.8. The van der Waals surface area contributed by atoms with Gasteiger partial charge in [0.2, 0.25) is 21.8 Å². The lowest BCUT2D eigenvalue weighted by atomic mass is 9.99. The molecule has 9 nitrogen and oxygen atoms in total. The number of rotatable bonds is 12. The highest BCUT2D eigenvalue weighted by Crippen LogP contribution is 2.35. The summed E-state index contributed by atoms with van der Waals surface area (Å²) in [5, 5.41) is 3.07. The molecule has 4 rings (SSSR count). The highest BCUT2D eigenvalue weighted by molar-refractivity contribution is 7.92. The quantitative estimate of drug-likeness (QED) is 0.310. The minimum atomic E-state index is -3.66. The molecule has 3 aromatic carbocycles. The second kappa shape index (κ2) is 14.2. The molecule has 0 saturated carbocycles. The predicted octanol–water partition coefficient (Wildman–Crippen LogP) is 4.87. The molecule has 0 fully saturated rings. The lowest BCUT2D eigenvalue weighted by Crippen LogP contribution is -2.54. The minimum Gasteiger partial charge on any atom is -0.486 e. The number of ether oxygens (including phenoxy) is 2. The van der Waals surface area contributed by atoms with E-state index in [1.165, 1.54) is 4.31 Å². The van der Waals surface area contributed by atoms with Gasteiger partial charge in [0, 0.05) is 37.5 Å². The SMILES string of the molecule is Cc1ccccc1CN(C(=O)CCCN(c1ccc2c(c1)OCCO2)S(C)(=O)=O)[C@@H](Cc1ccccc1)C(=O)NC(C)(C)C. The summed E-state index contributed by atoms with van der Waals surface area (Å²) in [4.78, 5) is 29.5. The van der Waals surface area contributed by atoms with Gasteiger partial charge in [-0.05, 0) is 62.9 Å². The van der Waals surface area contributed by atoms with Crippen molar-refractivity contribution in [2.75, 3.05) is 30.3 Å². The van der Waals surface area contributed by atoms with Crippen molar-refractivity contribution in [2.45, 2.75) is 65.1 Å². The van der Waals surface area contributed by atoms with Crippen molar-refractivity contribution in [3.63, 3.8) is 0 Å². The average Bonchev–Trinajstić information content (AvgIpc) is 2.96. The third kappa shape index (κ3) is 8.98. The van der Waals surface area contributed by atoms with Crippen molar-refractivity contribution in [2.24, 2.45) is 0 Å². The molecule has 0 bridgehead atoms. The largest absolute Gasteiger partial charge is 0.486 e. The van der Waals surface area contributed by atoms with Crippen molar-refractivity contribution < 1.29 is 27.5 Å². The van der Waals surface area contributed by atoms with Crippen LogP contribution in [0.1, 0.15) is 50.3 Å². The van der Waals surface area contributed by atoms with Crippen LogP contribution in [0.15, 0.2) is 72.8 Å². The summed E-state index contributed by atoms with van der Waals surface area (Å²) in [6.45, 7) is 8.87. The fourth-order valence-corrected chi connectivity index (χ4v) is 6.13. The number of benzene rings is 3. The van der Waals surface area contributed by atoms with E-state index in [9.17, 15) is 18.0 Å². The van der Waals surface area contributed by atoms with Gasteiger partial charge in [0.1, 0.15) is 19.3 Å². The number of sulfonamides is 1. The van der Waals surface area contributed by atoms with E-state index in [4.69, 9.17) is 9.47 Å². The van der Waals surface area contributed by atoms with E-state index in [-0.39, 0.29) is 37.7 Å². The summed E-state index contributed by atoms with van der Waals surface area (Å²) in [5.74, 6) is 0.580. The third-order valence-electron chi connectivity index (χ3n) is 7.34. The number of hydrogen-bond acceptors (Lipinski definition) is 6. The minimum absolute atomic E-state index is 0.0521. The van der Waals surface area contributed by atoms with Crippen LogP contribution >= 0.6 is 0 Å². The summed E-state index contributed by atoms with van der Waals surface area (Å²) in [6, 6.07) is 21.7. The number of nitrogens with zero attached hydrogens (tertiary/aromatic N) is 2. The van der Waals surface area contributed by atoms with Gasteiger partial charge < -0.3 is 19.7 Å². The normalized spacial score (nSPS) is 13.6. The van der Waals surface area contributed by atoms with E-state index in [2.05, 4.69) is 5.32 Å². The molecule has 44 heavy (non-hydrogen) atoms. The van der Waals surface area contributed by atoms with Crippen LogP contribution in [0.3, 0.4) is 0 Å². The van der Waals surface area contributed by atoms with Gasteiger partial charge in [-0.25, -0.2) is 8.42 Å². The van der Waals surface area contributed by atoms with Gasteiger partial charge in [-0.1, -0.05) is 54.6 Å². The molecule has 0 radical (unpaired) electrons. The van der Waals surface area contributed by atoms with Crippen LogP contribution in [-0.2, 0) is 32.6 Å². The van der Waals surface area contributed by atoms with Gasteiger partial charge in [-0.3, -0.25) is 13.9 Å². The Morgan fingerprint density at radius 2 is 1.59 bits per heavy atom. The Morgan fingerprint density at radius 1 is 0.932 bits per heavy atom. The number of anilines is 1. The van der Waals surface area contributed by atoms with Crippen LogP contribution in [0.2, 0.25) is 0 Å². The molecule has 0 aromatic heterocycles. The van der Waals surface area contributed by atoms with Gasteiger partial charge >= 0.3 is 0 Å². The number of fused-ring (bicyclic) bond motifs is 1. The number of amides is 2. The fourth-order valence-electron chi connectivity index (χ4n) is 5.17. The predicted molar refractivity (Wildman–Crippen MR) is 172 cm³/mol. The first kappa shape index (κ1) is 32.9. The fraction of sp³-hybridized carbons (Fsp3) is 0.412. The first-order valence-electron chi connectivity index (χ1n) is 14.9. The van der Waals surface area contributed by atoms with Crippen molar-refractivity contribution >= 4 is 27.5 Å². The van der Waals surface area contributed by atoms with Crippen LogP contribution in [0.4, 0.5) is 5.69 Å². The van der Waals surface area contributed by atoms with E-state index < -0.39 is 21.6 Å². The van der Waals surface area contributed by atoms with E-state index in [0.29, 0.717) is 36.8 Å². The monoisotopic (exact) mass is 621 g/mol. The molecule has 1 aliphatic heterocycles. The molecule has 1 heterocycles. The molecule has 0 unspecified atom stereocenters. The van der Waals surface area contributed by atoms with Gasteiger partial charge in [0.05, 0.1) is 11.9 Å². The molecule has 0 saturated heterocycles. The zero-order chi connectivity index (χ0) is 31.9. The molecule has 1 atom stereocenters. The lowest BCUT2D eigenvalue weighted by molar-refractivity contribution is -0.142. The van der Waals surface area contributed by atoms with E-state index >= 15 is 0 Å². The molecule has 10 heteroatoms. The van der Waals surface area contributed by atoms with Gasteiger partial charge in [0.25, 0.3) is 0 Å². The third-order valence-corrected chi connectivity index (χ3v) is 8.53. The Bertz CT molecular complexity index is 1550. The summed E-state index contributed by atoms with van der Waals surface area (Å²) in [6.07, 6.45) is 1.79. The Morgan fingerprint density at radius 3 is 2.25 bits per heavy atom. The van der Waals surface area contributed by atoms with Gasteiger partial charge in [-0.15, -0.1) is 0 Å². The molecule has 0 spiro atoms. The number of hydrogen-bond donors (Lipinski definition) is 1. The van der Waals surface area contributed by atoms with Crippen LogP contribution in [0.25, 0.3) is 0 Å². The van der Waals surface area contributed by atoms with Crippen LogP contribution in [-0.4, -0.2) is 62.7 Å². The Kier molecular flexibility index (Phi) is 10.6. The molecule has 2 amide bonds. The lowest BCUT2D eigenvalue weighted by Gasteiger charge is -2.34. The van der Waals surface area contributed by atoms with Crippen LogP contribution < -0.4 is 19.1 Å². The number of nitrogens with one attached hydrogen (secondary N) is 1. The highest BCUT2D eigenvalue weighted by Gasteiger charge is 2.32. The Hall–Kier alpha value is -4.05. The smallest absolute Gasteiger partial charge is 0.243 e. The molecule has 1 N–H and O–H groups in total. The second-order valence-electron chi connectivity index (χ2n) is 12.2. The standard InChI is InChI=1S/C34H43N3O6S/c1-25-12-9-10-15-27(25)24-36(29(33(39)35-34(2,3)4)22-26-13-7-6-8-14-26)32(38)16-11-19-37(44(5,40)41)28-17-18-30-31(23-28)43-21-20-42-30/h6-10,12-15,17-18,23,29H,11,16,19-22,24H2,1-5H3,(H,35,39)/t29-/m0/s1. The number of carbonyl (C=O) groups excluding carboxylic acids is 2. The van der Waals surface area contributed by atoms with Crippen molar-refractivity contribution in [3.8, 4) is 11.5 Å². The molecule has 3 aromatic rings. The van der Waals surface area contributed by atoms with Crippen molar-refractivity contribution in [1.29, 1.82) is 0 Å². The maximum absolute atomic E-state index is 14.1. The zero-order valence-corrected chi connectivity index (χ0v) is 27.0.